The van der Waals surface area contributed by atoms with Crippen LogP contribution in [0.1, 0.15) is 31.7 Å². The van der Waals surface area contributed by atoms with Gasteiger partial charge in [-0.05, 0) is 49.6 Å². The number of nitrogens with two attached hydrogens (primary N) is 1. The third-order valence-electron chi connectivity index (χ3n) is 8.25. The van der Waals surface area contributed by atoms with E-state index >= 15 is 4.39 Å². The monoisotopic (exact) mass is 588 g/mol. The Morgan fingerprint density at radius 2 is 2.05 bits per heavy atom. The molecule has 2 fully saturated rings. The maximum Gasteiger partial charge on any atom is 0.260 e. The number of hydrogen-bond acceptors (Lipinski definition) is 7. The average molecular weight is 589 g/mol. The number of hydrogen-bond donors (Lipinski definition) is 3. The maximum atomic E-state index is 16.4. The van der Waals surface area contributed by atoms with Gasteiger partial charge in [0, 0.05) is 30.0 Å². The van der Waals surface area contributed by atoms with Crippen LogP contribution in [-0.2, 0) is 6.42 Å². The number of alkyl halides is 3. The standard InChI is InChI=1S/C29H29F5N6O2/c1-2-15-17(31)4-5-18-23(15)16(8-21(35)37-18)26-25(34)27-24(28(41)39-26)19(36-11-20(32)33)9-22(38-27)42-13-29-6-3-7-40(29)12-14(30)10-29/h4-5,8-9,14,20H,2-3,6-7,10-13H2,1H3,(H2,35,37)(H,36,38)(H,39,41)/t14-,29+/m1/s1. The Hall–Kier alpha value is -4.00. The molecule has 0 unspecified atom stereocenters. The first-order valence-corrected chi connectivity index (χ1v) is 13.8. The topological polar surface area (TPSA) is 109 Å². The van der Waals surface area contributed by atoms with Crippen molar-refractivity contribution in [2.45, 2.75) is 50.7 Å². The van der Waals surface area contributed by atoms with E-state index in [4.69, 9.17) is 10.5 Å². The number of benzene rings is 1. The Bertz CT molecular complexity index is 1750. The third-order valence-corrected chi connectivity index (χ3v) is 8.25. The van der Waals surface area contributed by atoms with E-state index in [1.165, 1.54) is 24.3 Å². The zero-order valence-electron chi connectivity index (χ0n) is 22.7. The quantitative estimate of drug-likeness (QED) is 0.243. The van der Waals surface area contributed by atoms with Crippen molar-refractivity contribution >= 4 is 33.3 Å². The van der Waals surface area contributed by atoms with E-state index in [0.717, 1.165) is 13.0 Å². The maximum absolute atomic E-state index is 16.4. The van der Waals surface area contributed by atoms with E-state index in [1.54, 1.807) is 6.92 Å². The minimum absolute atomic E-state index is 0.0129. The van der Waals surface area contributed by atoms with Crippen molar-refractivity contribution in [3.05, 3.63) is 51.8 Å². The largest absolute Gasteiger partial charge is 0.476 e. The molecule has 5 heterocycles. The Balaban J connectivity index is 1.52. The molecule has 0 amide bonds. The van der Waals surface area contributed by atoms with Gasteiger partial charge in [0.05, 0.1) is 34.4 Å². The normalized spacial score (nSPS) is 20.6. The first-order chi connectivity index (χ1) is 20.1. The summed E-state index contributed by atoms with van der Waals surface area (Å²) in [6.07, 6.45) is -1.65. The van der Waals surface area contributed by atoms with E-state index in [9.17, 15) is 22.4 Å². The van der Waals surface area contributed by atoms with Gasteiger partial charge in [0.15, 0.2) is 5.82 Å². The van der Waals surface area contributed by atoms with Gasteiger partial charge < -0.3 is 20.8 Å². The number of aromatic amines is 1. The van der Waals surface area contributed by atoms with Crippen molar-refractivity contribution in [1.82, 2.24) is 19.9 Å². The van der Waals surface area contributed by atoms with Crippen molar-refractivity contribution in [1.29, 1.82) is 0 Å². The minimum Gasteiger partial charge on any atom is -0.476 e. The van der Waals surface area contributed by atoms with Gasteiger partial charge in [-0.2, -0.15) is 0 Å². The van der Waals surface area contributed by atoms with E-state index in [-0.39, 0.29) is 64.4 Å². The summed E-state index contributed by atoms with van der Waals surface area (Å²) in [5, 5.41) is 2.47. The first-order valence-electron chi connectivity index (χ1n) is 13.8. The van der Waals surface area contributed by atoms with Gasteiger partial charge in [-0.15, -0.1) is 0 Å². The molecule has 1 aromatic carbocycles. The SMILES string of the molecule is CCc1c(F)ccc2nc(N)cc(-c3[nH]c(=O)c4c(NCC(F)F)cc(OC[C@@]56CCCN5C[C@H](F)C6)nc4c3F)c12. The molecular formula is C29H29F5N6O2. The Morgan fingerprint density at radius 1 is 1.24 bits per heavy atom. The summed E-state index contributed by atoms with van der Waals surface area (Å²) in [4.78, 5) is 26.4. The van der Waals surface area contributed by atoms with Crippen LogP contribution in [0.3, 0.4) is 0 Å². The highest BCUT2D eigenvalue weighted by Gasteiger charge is 2.49. The lowest BCUT2D eigenvalue weighted by Crippen LogP contribution is -2.43. The number of H-pyrrole nitrogens is 1. The van der Waals surface area contributed by atoms with Crippen molar-refractivity contribution in [3.8, 4) is 17.1 Å². The molecule has 0 bridgehead atoms. The van der Waals surface area contributed by atoms with Gasteiger partial charge in [-0.1, -0.05) is 6.92 Å². The second kappa shape index (κ2) is 10.7. The molecule has 4 N–H and O–H groups in total. The number of pyridine rings is 3. The fourth-order valence-corrected chi connectivity index (χ4v) is 6.44. The predicted molar refractivity (Wildman–Crippen MR) is 150 cm³/mol. The molecule has 2 atom stereocenters. The highest BCUT2D eigenvalue weighted by molar-refractivity contribution is 6.00. The summed E-state index contributed by atoms with van der Waals surface area (Å²) in [5.74, 6) is -1.62. The number of fused-ring (bicyclic) bond motifs is 3. The van der Waals surface area contributed by atoms with Crippen molar-refractivity contribution in [3.63, 3.8) is 0 Å². The number of nitrogens with zero attached hydrogens (tertiary/aromatic N) is 3. The summed E-state index contributed by atoms with van der Waals surface area (Å²) in [5.41, 5.74) is 4.44. The first kappa shape index (κ1) is 28.1. The number of nitrogen functional groups attached to an aromatic ring is 1. The number of nitrogens with one attached hydrogen (secondary N) is 2. The van der Waals surface area contributed by atoms with Crippen molar-refractivity contribution in [2.24, 2.45) is 0 Å². The fourth-order valence-electron chi connectivity index (χ4n) is 6.44. The number of ether oxygens (including phenoxy) is 1. The molecule has 3 aromatic heterocycles. The Labute approximate surface area is 237 Å². The molecule has 8 nitrogen and oxygen atoms in total. The van der Waals surface area contributed by atoms with E-state index in [1.807, 2.05) is 4.90 Å². The molecule has 2 aliphatic rings. The Morgan fingerprint density at radius 3 is 2.81 bits per heavy atom. The fraction of sp³-hybridized carbons (Fsp3) is 0.414. The van der Waals surface area contributed by atoms with Crippen LogP contribution in [0.2, 0.25) is 0 Å². The molecule has 13 heteroatoms. The summed E-state index contributed by atoms with van der Waals surface area (Å²) in [6.45, 7) is 2.00. The molecule has 4 aromatic rings. The number of aromatic nitrogens is 3. The predicted octanol–water partition coefficient (Wildman–Crippen LogP) is 5.19. The van der Waals surface area contributed by atoms with E-state index < -0.39 is 47.4 Å². The molecule has 0 spiro atoms. The second-order valence-corrected chi connectivity index (χ2v) is 10.9. The van der Waals surface area contributed by atoms with Crippen LogP contribution in [0.25, 0.3) is 33.1 Å². The molecule has 2 saturated heterocycles. The minimum atomic E-state index is -2.76. The molecule has 0 aliphatic carbocycles. The van der Waals surface area contributed by atoms with Crippen LogP contribution in [0.4, 0.5) is 33.5 Å². The smallest absolute Gasteiger partial charge is 0.260 e. The van der Waals surface area contributed by atoms with E-state index in [2.05, 4.69) is 20.3 Å². The highest BCUT2D eigenvalue weighted by Crippen LogP contribution is 2.41. The van der Waals surface area contributed by atoms with Gasteiger partial charge in [0.2, 0.25) is 5.88 Å². The molecule has 0 saturated carbocycles. The number of aryl methyl sites for hydroxylation is 1. The lowest BCUT2D eigenvalue weighted by molar-refractivity contribution is 0.111. The van der Waals surface area contributed by atoms with Crippen LogP contribution in [-0.4, -0.2) is 64.2 Å². The summed E-state index contributed by atoms with van der Waals surface area (Å²) < 4.78 is 77.8. The second-order valence-electron chi connectivity index (χ2n) is 10.9. The number of halogens is 5. The summed E-state index contributed by atoms with van der Waals surface area (Å²) in [7, 11) is 0. The summed E-state index contributed by atoms with van der Waals surface area (Å²) in [6, 6.07) is 5.25. The van der Waals surface area contributed by atoms with Gasteiger partial charge in [0.25, 0.3) is 12.0 Å². The van der Waals surface area contributed by atoms with Crippen LogP contribution < -0.4 is 21.3 Å². The lowest BCUT2D eigenvalue weighted by atomic mass is 9.95. The van der Waals surface area contributed by atoms with Crippen LogP contribution in [0.15, 0.2) is 29.1 Å². The zero-order chi connectivity index (χ0) is 29.8. The van der Waals surface area contributed by atoms with Crippen molar-refractivity contribution < 1.29 is 26.7 Å². The van der Waals surface area contributed by atoms with Crippen LogP contribution in [0.5, 0.6) is 5.88 Å². The van der Waals surface area contributed by atoms with Gasteiger partial charge in [-0.25, -0.2) is 31.9 Å². The zero-order valence-corrected chi connectivity index (χ0v) is 22.7. The van der Waals surface area contributed by atoms with Gasteiger partial charge >= 0.3 is 0 Å². The Kier molecular flexibility index (Phi) is 7.16. The molecular weight excluding hydrogens is 559 g/mol. The van der Waals surface area contributed by atoms with Crippen LogP contribution in [0, 0.1) is 11.6 Å². The average Bonchev–Trinajstić information content (AvgIpc) is 3.47. The number of rotatable bonds is 8. The number of anilines is 2. The van der Waals surface area contributed by atoms with Gasteiger partial charge in [-0.3, -0.25) is 9.69 Å². The molecule has 6 rings (SSSR count). The molecule has 2 aliphatic heterocycles. The van der Waals surface area contributed by atoms with Crippen LogP contribution >= 0.6 is 0 Å². The highest BCUT2D eigenvalue weighted by atomic mass is 19.3. The molecule has 0 radical (unpaired) electrons. The van der Waals surface area contributed by atoms with E-state index in [0.29, 0.717) is 18.5 Å². The molecule has 42 heavy (non-hydrogen) atoms. The van der Waals surface area contributed by atoms with Crippen molar-refractivity contribution in [2.75, 3.05) is 37.3 Å². The third kappa shape index (κ3) is 4.79. The summed E-state index contributed by atoms with van der Waals surface area (Å²) >= 11 is 0. The molecule has 222 valence electrons. The van der Waals surface area contributed by atoms with Gasteiger partial charge in [0.1, 0.15) is 29.9 Å². The lowest BCUT2D eigenvalue weighted by Gasteiger charge is -2.31.